The molecule has 0 aromatic rings. The van der Waals surface area contributed by atoms with Gasteiger partial charge in [0, 0.05) is 0 Å². The summed E-state index contributed by atoms with van der Waals surface area (Å²) in [6, 6.07) is 0. The van der Waals surface area contributed by atoms with E-state index in [-0.39, 0.29) is 35.5 Å². The molecule has 0 bridgehead atoms. The Morgan fingerprint density at radius 1 is 1.08 bits per heavy atom. The van der Waals surface area contributed by atoms with Crippen molar-refractivity contribution in [3.8, 4) is 5.92 Å². The fraction of sp³-hybridized carbons (Fsp3) is 0.636. The average Bonchev–Trinajstić information content (AvgIpc) is 2.03. The van der Waals surface area contributed by atoms with Crippen molar-refractivity contribution in [3.05, 3.63) is 19.1 Å². The molecule has 0 aromatic carbocycles. The third-order valence-electron chi connectivity index (χ3n) is 1.71. The Balaban J connectivity index is -0.000000500. The topological polar surface area (TPSA) is 0 Å². The molecule has 0 radical (unpaired) electrons. The van der Waals surface area contributed by atoms with Gasteiger partial charge in [-0.05, 0) is 25.7 Å². The predicted molar refractivity (Wildman–Crippen MR) is 55.4 cm³/mol. The van der Waals surface area contributed by atoms with Gasteiger partial charge >= 0.3 is 23.1 Å². The molecule has 0 nitrogen and oxygen atoms in total. The van der Waals surface area contributed by atoms with Crippen LogP contribution in [0.5, 0.6) is 0 Å². The van der Waals surface area contributed by atoms with Crippen molar-refractivity contribution in [2.75, 3.05) is 0 Å². The summed E-state index contributed by atoms with van der Waals surface area (Å²) >= 11 is 0. The second-order valence-corrected chi connectivity index (χ2v) is 2.77. The summed E-state index contributed by atoms with van der Waals surface area (Å²) in [6.45, 7) is 3.67. The summed E-state index contributed by atoms with van der Waals surface area (Å²) < 4.78 is 0. The Morgan fingerprint density at radius 2 is 1.62 bits per heavy atom. The number of unbranched alkanes of at least 4 members (excludes halogenated alkanes) is 6. The molecule has 0 aromatic heterocycles. The molecule has 0 atom stereocenters. The van der Waals surface area contributed by atoms with Crippen molar-refractivity contribution in [1.29, 1.82) is 0 Å². The standard InChI is InChI=1S/C11H17.ClH.Mg/c1-3-5-7-9-11-10-8-6-4-2;;/h3H,1,5-11H2;1H;/q-1;;+2/p-1. The van der Waals surface area contributed by atoms with E-state index >= 15 is 0 Å². The SMILES string of the molecule is [C-]#CCCCCCCCC=C.[Cl-].[Mg+2]. The van der Waals surface area contributed by atoms with Gasteiger partial charge in [-0.1, -0.05) is 25.3 Å². The molecule has 0 N–H and O–H groups in total. The molecular weight excluding hydrogens is 192 g/mol. The molecule has 0 aliphatic heterocycles. The number of hydrogen-bond donors (Lipinski definition) is 0. The molecule has 0 saturated carbocycles. The summed E-state index contributed by atoms with van der Waals surface area (Å²) in [5.74, 6) is 2.40. The third-order valence-corrected chi connectivity index (χ3v) is 1.71. The van der Waals surface area contributed by atoms with Crippen molar-refractivity contribution in [2.24, 2.45) is 0 Å². The monoisotopic (exact) mass is 208 g/mol. The van der Waals surface area contributed by atoms with Gasteiger partial charge < -0.3 is 24.8 Å². The van der Waals surface area contributed by atoms with E-state index in [1.165, 1.54) is 25.7 Å². The fourth-order valence-corrected chi connectivity index (χ4v) is 1.03. The zero-order valence-electron chi connectivity index (χ0n) is 8.32. The van der Waals surface area contributed by atoms with E-state index in [0.717, 1.165) is 19.3 Å². The Labute approximate surface area is 105 Å². The van der Waals surface area contributed by atoms with Crippen LogP contribution in [-0.4, -0.2) is 23.1 Å². The van der Waals surface area contributed by atoms with Crippen LogP contribution >= 0.6 is 0 Å². The largest absolute Gasteiger partial charge is 2.00 e. The van der Waals surface area contributed by atoms with Gasteiger partial charge in [0.15, 0.2) is 0 Å². The first kappa shape index (κ1) is 19.0. The second kappa shape index (κ2) is 18.2. The van der Waals surface area contributed by atoms with E-state index in [0.29, 0.717) is 0 Å². The van der Waals surface area contributed by atoms with Gasteiger partial charge in [0.1, 0.15) is 0 Å². The first-order valence-electron chi connectivity index (χ1n) is 4.42. The minimum atomic E-state index is 0. The van der Waals surface area contributed by atoms with Crippen LogP contribution in [0.4, 0.5) is 0 Å². The average molecular weight is 209 g/mol. The van der Waals surface area contributed by atoms with Gasteiger partial charge in [-0.15, -0.1) is 6.58 Å². The van der Waals surface area contributed by atoms with Crippen LogP contribution in [0.15, 0.2) is 12.7 Å². The van der Waals surface area contributed by atoms with E-state index in [2.05, 4.69) is 12.5 Å². The molecule has 0 heterocycles. The van der Waals surface area contributed by atoms with Crippen molar-refractivity contribution in [2.45, 2.75) is 44.9 Å². The van der Waals surface area contributed by atoms with Gasteiger partial charge in [-0.3, -0.25) is 0 Å². The van der Waals surface area contributed by atoms with E-state index < -0.39 is 0 Å². The van der Waals surface area contributed by atoms with E-state index in [9.17, 15) is 0 Å². The summed E-state index contributed by atoms with van der Waals surface area (Å²) in [7, 11) is 0. The molecule has 0 aliphatic rings. The molecule has 0 saturated heterocycles. The summed E-state index contributed by atoms with van der Waals surface area (Å²) in [6.07, 6.45) is 16.9. The minimum absolute atomic E-state index is 0. The van der Waals surface area contributed by atoms with E-state index in [4.69, 9.17) is 6.42 Å². The Kier molecular flexibility index (Phi) is 26.6. The molecule has 0 aliphatic carbocycles. The minimum Gasteiger partial charge on any atom is -1.00 e. The molecule has 0 amide bonds. The maximum atomic E-state index is 6.69. The maximum absolute atomic E-state index is 6.69. The molecule has 0 unspecified atom stereocenters. The van der Waals surface area contributed by atoms with Crippen LogP contribution in [0.25, 0.3) is 0 Å². The molecule has 2 heteroatoms. The summed E-state index contributed by atoms with van der Waals surface area (Å²) in [4.78, 5) is 0. The summed E-state index contributed by atoms with van der Waals surface area (Å²) in [5.41, 5.74) is 0. The van der Waals surface area contributed by atoms with Crippen LogP contribution in [0.2, 0.25) is 0 Å². The number of rotatable bonds is 7. The molecule has 70 valence electrons. The number of hydrogen-bond acceptors (Lipinski definition) is 0. The first-order chi connectivity index (χ1) is 5.41. The van der Waals surface area contributed by atoms with Crippen LogP contribution in [0, 0.1) is 12.3 Å². The first-order valence-corrected chi connectivity index (χ1v) is 4.42. The summed E-state index contributed by atoms with van der Waals surface area (Å²) in [5, 5.41) is 0. The van der Waals surface area contributed by atoms with Crippen molar-refractivity contribution < 1.29 is 12.4 Å². The molecule has 13 heavy (non-hydrogen) atoms. The molecule has 0 spiro atoms. The van der Waals surface area contributed by atoms with Crippen LogP contribution in [0.1, 0.15) is 44.9 Å². The van der Waals surface area contributed by atoms with Crippen LogP contribution in [-0.2, 0) is 0 Å². The van der Waals surface area contributed by atoms with Crippen molar-refractivity contribution in [3.63, 3.8) is 0 Å². The number of halogens is 1. The number of allylic oxidation sites excluding steroid dienone is 1. The van der Waals surface area contributed by atoms with Crippen molar-refractivity contribution >= 4 is 23.1 Å². The van der Waals surface area contributed by atoms with Gasteiger partial charge in [0.05, 0.1) is 0 Å². The van der Waals surface area contributed by atoms with Crippen molar-refractivity contribution in [1.82, 2.24) is 0 Å². The van der Waals surface area contributed by atoms with Crippen LogP contribution in [0.3, 0.4) is 0 Å². The fourth-order valence-electron chi connectivity index (χ4n) is 1.03. The second-order valence-electron chi connectivity index (χ2n) is 2.77. The molecular formula is C11H17ClMg. The Morgan fingerprint density at radius 3 is 2.15 bits per heavy atom. The van der Waals surface area contributed by atoms with Gasteiger partial charge in [0.25, 0.3) is 0 Å². The quantitative estimate of drug-likeness (QED) is 0.183. The zero-order chi connectivity index (χ0) is 8.36. The van der Waals surface area contributed by atoms with Gasteiger partial charge in [-0.2, -0.15) is 0 Å². The van der Waals surface area contributed by atoms with E-state index in [1.807, 2.05) is 6.08 Å². The molecule has 0 fully saturated rings. The Bertz CT molecular complexity index is 127. The van der Waals surface area contributed by atoms with Gasteiger partial charge in [0.2, 0.25) is 0 Å². The third kappa shape index (κ3) is 19.0. The normalized spacial score (nSPS) is 7.62. The predicted octanol–water partition coefficient (Wildman–Crippen LogP) is 0.116. The van der Waals surface area contributed by atoms with Crippen LogP contribution < -0.4 is 12.4 Å². The maximum Gasteiger partial charge on any atom is 2.00 e. The zero-order valence-corrected chi connectivity index (χ0v) is 10.5. The molecule has 0 rings (SSSR count). The van der Waals surface area contributed by atoms with E-state index in [1.54, 1.807) is 0 Å². The smallest absolute Gasteiger partial charge is 1.00 e. The van der Waals surface area contributed by atoms with Gasteiger partial charge in [-0.25, -0.2) is 0 Å². The Hall–Kier alpha value is 0.356.